The van der Waals surface area contributed by atoms with Gasteiger partial charge in [-0.1, -0.05) is 71.4 Å². The Kier molecular flexibility index (Phi) is 7.51. The van der Waals surface area contributed by atoms with Gasteiger partial charge in [0.2, 0.25) is 5.91 Å². The fraction of sp³-hybridized carbons (Fsp3) is 0.222. The van der Waals surface area contributed by atoms with E-state index in [9.17, 15) is 19.5 Å². The summed E-state index contributed by atoms with van der Waals surface area (Å²) in [4.78, 5) is 36.6. The molecule has 35 heavy (non-hydrogen) atoms. The summed E-state index contributed by atoms with van der Waals surface area (Å²) in [6.45, 7) is 2.03. The summed E-state index contributed by atoms with van der Waals surface area (Å²) in [6.07, 6.45) is -0.117. The summed E-state index contributed by atoms with van der Waals surface area (Å²) in [6, 6.07) is 20.2. The highest BCUT2D eigenvalue weighted by atomic mass is 79.9. The maximum atomic E-state index is 12.6. The number of rotatable bonds is 8. The molecular weight excluding hydrogens is 512 g/mol. The average molecular weight is 537 g/mol. The molecule has 180 valence electrons. The average Bonchev–Trinajstić information content (AvgIpc) is 3.16. The van der Waals surface area contributed by atoms with Gasteiger partial charge in [0.25, 0.3) is 0 Å². The van der Waals surface area contributed by atoms with E-state index in [-0.39, 0.29) is 30.2 Å². The molecule has 3 N–H and O–H groups in total. The second kappa shape index (κ2) is 10.7. The first-order valence-corrected chi connectivity index (χ1v) is 12.1. The van der Waals surface area contributed by atoms with Crippen molar-refractivity contribution in [2.75, 3.05) is 11.9 Å². The second-order valence-corrected chi connectivity index (χ2v) is 9.24. The lowest BCUT2D eigenvalue weighted by Gasteiger charge is -2.19. The fourth-order valence-electron chi connectivity index (χ4n) is 4.34. The van der Waals surface area contributed by atoms with Crippen LogP contribution in [0.3, 0.4) is 0 Å². The molecule has 0 radical (unpaired) electrons. The Morgan fingerprint density at radius 1 is 1.00 bits per heavy atom. The first-order chi connectivity index (χ1) is 16.9. The van der Waals surface area contributed by atoms with Crippen molar-refractivity contribution >= 4 is 39.6 Å². The predicted octanol–water partition coefficient (Wildman–Crippen LogP) is 5.79. The van der Waals surface area contributed by atoms with Crippen LogP contribution in [0.4, 0.5) is 10.5 Å². The quantitative estimate of drug-likeness (QED) is 0.337. The van der Waals surface area contributed by atoms with E-state index in [2.05, 4.69) is 38.7 Å². The monoisotopic (exact) mass is 536 g/mol. The molecule has 0 spiro atoms. The van der Waals surface area contributed by atoms with E-state index in [0.29, 0.717) is 10.9 Å². The zero-order valence-corrected chi connectivity index (χ0v) is 20.7. The summed E-state index contributed by atoms with van der Waals surface area (Å²) in [5, 5.41) is 14.7. The number of hydrogen-bond acceptors (Lipinski definition) is 4. The van der Waals surface area contributed by atoms with Crippen LogP contribution in [0, 0.1) is 0 Å². The number of alkyl carbamates (subject to hydrolysis) is 1. The predicted molar refractivity (Wildman–Crippen MR) is 137 cm³/mol. The number of amides is 2. The van der Waals surface area contributed by atoms with Crippen LogP contribution in [-0.2, 0) is 9.53 Å². The van der Waals surface area contributed by atoms with Crippen molar-refractivity contribution in [3.05, 3.63) is 87.9 Å². The van der Waals surface area contributed by atoms with Crippen LogP contribution >= 0.6 is 15.9 Å². The number of aromatic carboxylic acids is 1. The molecule has 0 aliphatic heterocycles. The number of benzene rings is 3. The van der Waals surface area contributed by atoms with Gasteiger partial charge in [-0.25, -0.2) is 9.59 Å². The van der Waals surface area contributed by atoms with Crippen LogP contribution in [0.1, 0.15) is 47.2 Å². The Labute approximate surface area is 211 Å². The molecule has 1 aliphatic rings. The fourth-order valence-corrected chi connectivity index (χ4v) is 4.70. The first kappa shape index (κ1) is 24.5. The lowest BCUT2D eigenvalue weighted by molar-refractivity contribution is -0.116. The van der Waals surface area contributed by atoms with Gasteiger partial charge in [-0.05, 0) is 46.9 Å². The number of anilines is 1. The molecule has 0 heterocycles. The topological polar surface area (TPSA) is 105 Å². The molecule has 8 heteroatoms. The summed E-state index contributed by atoms with van der Waals surface area (Å²) >= 11 is 3.28. The Hall–Kier alpha value is -3.65. The van der Waals surface area contributed by atoms with Gasteiger partial charge < -0.3 is 20.5 Å². The SMILES string of the molecule is CCC(CC(=O)Nc1cc(Br)ccc1C(=O)O)NC(=O)OCC1c2ccccc2-c2ccccc21. The van der Waals surface area contributed by atoms with E-state index < -0.39 is 24.0 Å². The van der Waals surface area contributed by atoms with E-state index in [1.165, 1.54) is 12.1 Å². The van der Waals surface area contributed by atoms with Crippen LogP contribution in [-0.4, -0.2) is 35.7 Å². The standard InChI is InChI=1S/C27H25BrN2O5/c1-2-17(14-25(31)30-24-13-16(28)11-12-22(24)26(32)33)29-27(34)35-15-23-20-9-5-3-7-18(20)19-8-4-6-10-21(19)23/h3-13,17,23H,2,14-15H2,1H3,(H,29,34)(H,30,31)(H,32,33). The van der Waals surface area contributed by atoms with Crippen molar-refractivity contribution in [3.63, 3.8) is 0 Å². The van der Waals surface area contributed by atoms with E-state index in [0.717, 1.165) is 22.3 Å². The van der Waals surface area contributed by atoms with Gasteiger partial charge in [0.15, 0.2) is 0 Å². The highest BCUT2D eigenvalue weighted by molar-refractivity contribution is 9.10. The largest absolute Gasteiger partial charge is 0.478 e. The van der Waals surface area contributed by atoms with Crippen molar-refractivity contribution in [2.45, 2.75) is 31.7 Å². The number of ether oxygens (including phenoxy) is 1. The number of halogens is 1. The Morgan fingerprint density at radius 3 is 2.23 bits per heavy atom. The van der Waals surface area contributed by atoms with Crippen molar-refractivity contribution in [1.82, 2.24) is 5.32 Å². The number of fused-ring (bicyclic) bond motifs is 3. The summed E-state index contributed by atoms with van der Waals surface area (Å²) in [5.41, 5.74) is 4.71. The molecule has 3 aromatic rings. The summed E-state index contributed by atoms with van der Waals surface area (Å²) in [7, 11) is 0. The van der Waals surface area contributed by atoms with Crippen LogP contribution < -0.4 is 10.6 Å². The van der Waals surface area contributed by atoms with Crippen LogP contribution in [0.15, 0.2) is 71.2 Å². The van der Waals surface area contributed by atoms with E-state index in [1.54, 1.807) is 6.07 Å². The van der Waals surface area contributed by atoms with Gasteiger partial charge in [0, 0.05) is 22.9 Å². The van der Waals surface area contributed by atoms with E-state index in [4.69, 9.17) is 4.74 Å². The molecule has 1 unspecified atom stereocenters. The molecule has 0 saturated carbocycles. The number of hydrogen-bond donors (Lipinski definition) is 3. The number of carbonyl (C=O) groups excluding carboxylic acids is 2. The number of nitrogens with one attached hydrogen (secondary N) is 2. The maximum Gasteiger partial charge on any atom is 0.407 e. The van der Waals surface area contributed by atoms with E-state index in [1.807, 2.05) is 43.3 Å². The van der Waals surface area contributed by atoms with Gasteiger partial charge >= 0.3 is 12.1 Å². The molecule has 0 bridgehead atoms. The Balaban J connectivity index is 1.36. The molecule has 2 amide bonds. The lowest BCUT2D eigenvalue weighted by Crippen LogP contribution is -2.38. The van der Waals surface area contributed by atoms with Crippen molar-refractivity contribution in [3.8, 4) is 11.1 Å². The van der Waals surface area contributed by atoms with Crippen molar-refractivity contribution < 1.29 is 24.2 Å². The summed E-state index contributed by atoms with van der Waals surface area (Å²) in [5.74, 6) is -1.60. The summed E-state index contributed by atoms with van der Waals surface area (Å²) < 4.78 is 6.21. The van der Waals surface area contributed by atoms with Gasteiger partial charge in [-0.2, -0.15) is 0 Å². The molecule has 1 aliphatic carbocycles. The minimum absolute atomic E-state index is 0.0147. The number of carbonyl (C=O) groups is 3. The highest BCUT2D eigenvalue weighted by Gasteiger charge is 2.29. The van der Waals surface area contributed by atoms with Crippen molar-refractivity contribution in [1.29, 1.82) is 0 Å². The molecule has 4 rings (SSSR count). The Morgan fingerprint density at radius 2 is 1.63 bits per heavy atom. The molecule has 0 fully saturated rings. The van der Waals surface area contributed by atoms with Crippen LogP contribution in [0.25, 0.3) is 11.1 Å². The van der Waals surface area contributed by atoms with Gasteiger partial charge in [0.1, 0.15) is 6.61 Å². The number of carboxylic acids is 1. The zero-order valence-electron chi connectivity index (χ0n) is 19.1. The lowest BCUT2D eigenvalue weighted by atomic mass is 9.98. The molecule has 3 aromatic carbocycles. The second-order valence-electron chi connectivity index (χ2n) is 8.32. The third-order valence-electron chi connectivity index (χ3n) is 6.08. The maximum absolute atomic E-state index is 12.6. The number of carboxylic acid groups (broad SMARTS) is 1. The third-order valence-corrected chi connectivity index (χ3v) is 6.57. The van der Waals surface area contributed by atoms with E-state index >= 15 is 0 Å². The Bertz CT molecular complexity index is 1230. The normalized spacial score (nSPS) is 12.9. The molecular formula is C27H25BrN2O5. The third kappa shape index (κ3) is 5.54. The van der Waals surface area contributed by atoms with Crippen LogP contribution in [0.2, 0.25) is 0 Å². The smallest absolute Gasteiger partial charge is 0.407 e. The zero-order chi connectivity index (χ0) is 24.9. The van der Waals surface area contributed by atoms with Gasteiger partial charge in [-0.3, -0.25) is 4.79 Å². The van der Waals surface area contributed by atoms with Gasteiger partial charge in [-0.15, -0.1) is 0 Å². The minimum Gasteiger partial charge on any atom is -0.478 e. The molecule has 0 saturated heterocycles. The first-order valence-electron chi connectivity index (χ1n) is 11.3. The minimum atomic E-state index is -1.14. The van der Waals surface area contributed by atoms with Crippen molar-refractivity contribution in [2.24, 2.45) is 0 Å². The van der Waals surface area contributed by atoms with Crippen LogP contribution in [0.5, 0.6) is 0 Å². The highest BCUT2D eigenvalue weighted by Crippen LogP contribution is 2.44. The molecule has 0 aromatic heterocycles. The van der Waals surface area contributed by atoms with Gasteiger partial charge in [0.05, 0.1) is 11.3 Å². The molecule has 7 nitrogen and oxygen atoms in total. The molecule has 1 atom stereocenters.